The highest BCUT2D eigenvalue weighted by atomic mass is 35.5. The summed E-state index contributed by atoms with van der Waals surface area (Å²) in [5.74, 6) is 0.766. The Morgan fingerprint density at radius 3 is 2.52 bits per heavy atom. The van der Waals surface area contributed by atoms with Crippen LogP contribution in [0.5, 0.6) is 0 Å². The number of anilines is 1. The number of nitrogens with zero attached hydrogens (tertiary/aromatic N) is 4. The summed E-state index contributed by atoms with van der Waals surface area (Å²) < 4.78 is 27.6. The molecule has 3 rings (SSSR count). The Bertz CT molecular complexity index is 855. The van der Waals surface area contributed by atoms with Gasteiger partial charge in [-0.1, -0.05) is 17.7 Å². The summed E-state index contributed by atoms with van der Waals surface area (Å²) in [6.45, 7) is 6.54. The molecule has 0 amide bonds. The minimum atomic E-state index is -3.54. The maximum Gasteiger partial charge on any atom is 0.240 e. The predicted octanol–water partition coefficient (Wildman–Crippen LogP) is 1.93. The van der Waals surface area contributed by atoms with Crippen LogP contribution in [0.2, 0.25) is 5.02 Å². The lowest BCUT2D eigenvalue weighted by Gasteiger charge is -2.34. The Morgan fingerprint density at radius 1 is 1.11 bits per heavy atom. The van der Waals surface area contributed by atoms with Crippen LogP contribution in [0.25, 0.3) is 0 Å². The Kier molecular flexibility index (Phi) is 6.64. The normalized spacial score (nSPS) is 15.9. The smallest absolute Gasteiger partial charge is 0.240 e. The zero-order valence-electron chi connectivity index (χ0n) is 15.3. The van der Waals surface area contributed by atoms with Gasteiger partial charge in [-0.25, -0.2) is 23.1 Å². The van der Waals surface area contributed by atoms with Crippen molar-refractivity contribution in [2.75, 3.05) is 44.2 Å². The zero-order valence-corrected chi connectivity index (χ0v) is 16.9. The third-order valence-electron chi connectivity index (χ3n) is 4.66. The molecule has 1 saturated heterocycles. The Labute approximate surface area is 165 Å². The molecule has 0 spiro atoms. The van der Waals surface area contributed by atoms with Crippen molar-refractivity contribution in [2.24, 2.45) is 0 Å². The third kappa shape index (κ3) is 5.16. The lowest BCUT2D eigenvalue weighted by molar-refractivity contribution is 0.254. The number of piperazine rings is 1. The second-order valence-electron chi connectivity index (χ2n) is 6.49. The van der Waals surface area contributed by atoms with Crippen LogP contribution in [0.1, 0.15) is 12.0 Å². The van der Waals surface area contributed by atoms with E-state index in [1.54, 1.807) is 37.5 Å². The number of benzene rings is 1. The first-order valence-corrected chi connectivity index (χ1v) is 10.8. The third-order valence-corrected chi connectivity index (χ3v) is 6.67. The number of nitrogens with one attached hydrogen (secondary N) is 1. The molecular formula is C18H24ClN5O2S. The molecule has 1 fully saturated rings. The van der Waals surface area contributed by atoms with Gasteiger partial charge >= 0.3 is 0 Å². The van der Waals surface area contributed by atoms with Crippen LogP contribution in [0, 0.1) is 6.92 Å². The quantitative estimate of drug-likeness (QED) is 0.704. The van der Waals surface area contributed by atoms with E-state index in [-0.39, 0.29) is 4.90 Å². The largest absolute Gasteiger partial charge is 0.338 e. The SMILES string of the molecule is Cc1c(Cl)cccc1S(=O)(=O)NCCCN1CCN(c2ncccn2)CC1. The van der Waals surface area contributed by atoms with Gasteiger partial charge in [0.2, 0.25) is 16.0 Å². The molecule has 1 aromatic carbocycles. The van der Waals surface area contributed by atoms with E-state index in [2.05, 4.69) is 24.5 Å². The van der Waals surface area contributed by atoms with Crippen molar-refractivity contribution in [2.45, 2.75) is 18.2 Å². The molecule has 9 heteroatoms. The molecule has 1 aliphatic rings. The van der Waals surface area contributed by atoms with Crippen molar-refractivity contribution in [1.82, 2.24) is 19.6 Å². The summed E-state index contributed by atoms with van der Waals surface area (Å²) in [7, 11) is -3.54. The number of aromatic nitrogens is 2. The predicted molar refractivity (Wildman–Crippen MR) is 107 cm³/mol. The number of hydrogen-bond donors (Lipinski definition) is 1. The van der Waals surface area contributed by atoms with Crippen molar-refractivity contribution in [3.8, 4) is 0 Å². The maximum absolute atomic E-state index is 12.5. The first-order valence-electron chi connectivity index (χ1n) is 8.96. The number of rotatable bonds is 7. The monoisotopic (exact) mass is 409 g/mol. The molecule has 2 heterocycles. The Morgan fingerprint density at radius 2 is 1.81 bits per heavy atom. The van der Waals surface area contributed by atoms with Crippen LogP contribution in [-0.4, -0.2) is 62.6 Å². The first-order chi connectivity index (χ1) is 13.0. The average molecular weight is 410 g/mol. The highest BCUT2D eigenvalue weighted by Crippen LogP contribution is 2.22. The van der Waals surface area contributed by atoms with E-state index in [1.165, 1.54) is 0 Å². The van der Waals surface area contributed by atoms with E-state index in [9.17, 15) is 8.42 Å². The zero-order chi connectivity index (χ0) is 19.3. The molecule has 1 N–H and O–H groups in total. The number of sulfonamides is 1. The van der Waals surface area contributed by atoms with E-state index in [1.807, 2.05) is 6.07 Å². The molecule has 0 radical (unpaired) electrons. The summed E-state index contributed by atoms with van der Waals surface area (Å²) in [5, 5.41) is 0.457. The summed E-state index contributed by atoms with van der Waals surface area (Å²) in [4.78, 5) is 13.3. The van der Waals surface area contributed by atoms with Gasteiger partial charge in [0, 0.05) is 50.1 Å². The molecule has 0 bridgehead atoms. The Hall–Kier alpha value is -1.74. The summed E-state index contributed by atoms with van der Waals surface area (Å²) in [6.07, 6.45) is 4.26. The van der Waals surface area contributed by atoms with Crippen LogP contribution in [0.3, 0.4) is 0 Å². The van der Waals surface area contributed by atoms with Gasteiger partial charge in [-0.15, -0.1) is 0 Å². The lowest BCUT2D eigenvalue weighted by atomic mass is 10.2. The minimum absolute atomic E-state index is 0.242. The standard InChI is InChI=1S/C18H24ClN5O2S/c1-15-16(19)5-2-6-17(15)27(25,26)22-9-4-10-23-11-13-24(14-12-23)18-20-7-3-8-21-18/h2-3,5-8,22H,4,9-14H2,1H3. The van der Waals surface area contributed by atoms with Gasteiger partial charge in [0.15, 0.2) is 0 Å². The summed E-state index contributed by atoms with van der Waals surface area (Å²) in [5.41, 5.74) is 0.575. The van der Waals surface area contributed by atoms with Gasteiger partial charge in [-0.3, -0.25) is 4.90 Å². The number of halogens is 1. The summed E-state index contributed by atoms with van der Waals surface area (Å²) in [6, 6.07) is 6.73. The molecule has 0 saturated carbocycles. The van der Waals surface area contributed by atoms with Gasteiger partial charge < -0.3 is 4.90 Å². The fourth-order valence-corrected chi connectivity index (χ4v) is 4.66. The fraction of sp³-hybridized carbons (Fsp3) is 0.444. The maximum atomic E-state index is 12.5. The van der Waals surface area contributed by atoms with Crippen molar-refractivity contribution in [3.05, 3.63) is 47.2 Å². The van der Waals surface area contributed by atoms with E-state index < -0.39 is 10.0 Å². The fourth-order valence-electron chi connectivity index (χ4n) is 3.09. The molecule has 2 aromatic rings. The Balaban J connectivity index is 1.42. The van der Waals surface area contributed by atoms with Gasteiger partial charge in [-0.05, 0) is 43.7 Å². The van der Waals surface area contributed by atoms with Crippen LogP contribution in [0.15, 0.2) is 41.6 Å². The van der Waals surface area contributed by atoms with Crippen molar-refractivity contribution < 1.29 is 8.42 Å². The van der Waals surface area contributed by atoms with Gasteiger partial charge in [0.1, 0.15) is 0 Å². The molecule has 1 aliphatic heterocycles. The second-order valence-corrected chi connectivity index (χ2v) is 8.63. The van der Waals surface area contributed by atoms with Crippen LogP contribution >= 0.6 is 11.6 Å². The number of hydrogen-bond acceptors (Lipinski definition) is 6. The minimum Gasteiger partial charge on any atom is -0.338 e. The molecule has 0 unspecified atom stereocenters. The summed E-state index contributed by atoms with van der Waals surface area (Å²) >= 11 is 6.03. The van der Waals surface area contributed by atoms with Crippen LogP contribution in [0.4, 0.5) is 5.95 Å². The highest BCUT2D eigenvalue weighted by molar-refractivity contribution is 7.89. The van der Waals surface area contributed by atoms with Gasteiger partial charge in [0.25, 0.3) is 0 Å². The molecule has 27 heavy (non-hydrogen) atoms. The van der Waals surface area contributed by atoms with E-state index >= 15 is 0 Å². The van der Waals surface area contributed by atoms with Crippen LogP contribution < -0.4 is 9.62 Å². The van der Waals surface area contributed by atoms with Crippen molar-refractivity contribution in [1.29, 1.82) is 0 Å². The highest BCUT2D eigenvalue weighted by Gasteiger charge is 2.20. The van der Waals surface area contributed by atoms with E-state index in [0.717, 1.165) is 45.1 Å². The van der Waals surface area contributed by atoms with Gasteiger partial charge in [-0.2, -0.15) is 0 Å². The lowest BCUT2D eigenvalue weighted by Crippen LogP contribution is -2.47. The topological polar surface area (TPSA) is 78.4 Å². The second kappa shape index (κ2) is 8.97. The average Bonchev–Trinajstić information content (AvgIpc) is 2.68. The molecule has 7 nitrogen and oxygen atoms in total. The van der Waals surface area contributed by atoms with Gasteiger partial charge in [0.05, 0.1) is 4.90 Å². The van der Waals surface area contributed by atoms with E-state index in [4.69, 9.17) is 11.6 Å². The van der Waals surface area contributed by atoms with Crippen LogP contribution in [-0.2, 0) is 10.0 Å². The molecule has 1 aromatic heterocycles. The van der Waals surface area contributed by atoms with Crippen molar-refractivity contribution >= 4 is 27.6 Å². The molecule has 0 atom stereocenters. The molecular weight excluding hydrogens is 386 g/mol. The van der Waals surface area contributed by atoms with Crippen molar-refractivity contribution in [3.63, 3.8) is 0 Å². The van der Waals surface area contributed by atoms with E-state index in [0.29, 0.717) is 17.1 Å². The first kappa shape index (κ1) is 20.0. The molecule has 0 aliphatic carbocycles. The molecule has 146 valence electrons.